The van der Waals surface area contributed by atoms with Crippen molar-refractivity contribution < 1.29 is 56.9 Å². The highest BCUT2D eigenvalue weighted by Crippen LogP contribution is 2.56. The van der Waals surface area contributed by atoms with E-state index >= 15 is 9.18 Å². The Hall–Kier alpha value is -4.37. The van der Waals surface area contributed by atoms with Gasteiger partial charge in [0.25, 0.3) is 5.67 Å². The van der Waals surface area contributed by atoms with Crippen LogP contribution in [-0.4, -0.2) is 142 Å². The SMILES string of the molecule is C=CCN1C[C@@]2(C)C(=O)[C@H](C)C[C@](C)(OCC#Cc3cc(-c4ccccn4)no3)[C@H](O[C@@H]3O[C@H](C)C[C@H](N(C)C)[C@H]3O)[C@@H](C)C(=O)[C@@](C)(F)C(=O)O[C@H](CC)[C@@]3(C)OC(=O)[C@H]1[C@@H]32. The molecule has 2 aromatic heterocycles. The number of ketones is 2. The Balaban J connectivity index is 1.46. The molecule has 6 rings (SSSR count). The molecule has 4 aliphatic heterocycles. The van der Waals surface area contributed by atoms with Gasteiger partial charge in [0.2, 0.25) is 5.76 Å². The van der Waals surface area contributed by atoms with Crippen molar-refractivity contribution in [2.75, 3.05) is 33.8 Å². The lowest BCUT2D eigenvalue weighted by Gasteiger charge is -2.48. The number of cyclic esters (lactones) is 1. The van der Waals surface area contributed by atoms with Crippen molar-refractivity contribution in [2.24, 2.45) is 23.2 Å². The quantitative estimate of drug-likeness (QED) is 0.163. The Bertz CT molecular complexity index is 2070. The molecule has 0 aliphatic carbocycles. The molecule has 338 valence electrons. The van der Waals surface area contributed by atoms with Crippen LogP contribution in [0.1, 0.15) is 80.4 Å². The van der Waals surface area contributed by atoms with Crippen LogP contribution >= 0.6 is 0 Å². The van der Waals surface area contributed by atoms with Crippen LogP contribution in [0.25, 0.3) is 11.4 Å². The molecule has 4 aliphatic rings. The summed E-state index contributed by atoms with van der Waals surface area (Å²) in [4.78, 5) is 65.7. The van der Waals surface area contributed by atoms with Crippen LogP contribution in [-0.2, 0) is 42.9 Å². The predicted molar refractivity (Wildman–Crippen MR) is 223 cm³/mol. The number of esters is 2. The Morgan fingerprint density at radius 2 is 1.82 bits per heavy atom. The van der Waals surface area contributed by atoms with Gasteiger partial charge in [0.05, 0.1) is 23.5 Å². The molecule has 16 heteroatoms. The minimum Gasteiger partial charge on any atom is -0.455 e. The average Bonchev–Trinajstić information content (AvgIpc) is 3.91. The number of nitrogens with zero attached hydrogens (tertiary/aromatic N) is 4. The maximum atomic E-state index is 17.2. The summed E-state index contributed by atoms with van der Waals surface area (Å²) < 4.78 is 54.1. The molecule has 0 aromatic carbocycles. The Morgan fingerprint density at radius 1 is 1.10 bits per heavy atom. The van der Waals surface area contributed by atoms with Gasteiger partial charge in [0, 0.05) is 54.6 Å². The van der Waals surface area contributed by atoms with Gasteiger partial charge in [0.15, 0.2) is 17.7 Å². The molecule has 0 saturated carbocycles. The molecule has 62 heavy (non-hydrogen) atoms. The van der Waals surface area contributed by atoms with E-state index in [1.54, 1.807) is 65.1 Å². The third-order valence-electron chi connectivity index (χ3n) is 13.4. The maximum Gasteiger partial charge on any atom is 0.351 e. The largest absolute Gasteiger partial charge is 0.455 e. The number of aromatic nitrogens is 2. The molecule has 0 unspecified atom stereocenters. The summed E-state index contributed by atoms with van der Waals surface area (Å²) in [7, 11) is 3.62. The number of rotatable bonds is 9. The van der Waals surface area contributed by atoms with Crippen molar-refractivity contribution >= 4 is 23.5 Å². The molecule has 0 bridgehead atoms. The average molecular weight is 865 g/mol. The van der Waals surface area contributed by atoms with Crippen LogP contribution in [0.15, 0.2) is 47.6 Å². The molecule has 14 atom stereocenters. The van der Waals surface area contributed by atoms with Crippen molar-refractivity contribution in [1.82, 2.24) is 19.9 Å². The van der Waals surface area contributed by atoms with Gasteiger partial charge in [-0.05, 0) is 79.1 Å². The number of pyridine rings is 1. The number of hydrogen-bond acceptors (Lipinski definition) is 15. The molecular formula is C46H61FN4O11. The third kappa shape index (κ3) is 8.64. The van der Waals surface area contributed by atoms with Crippen molar-refractivity contribution in [1.29, 1.82) is 0 Å². The first kappa shape index (κ1) is 47.1. The van der Waals surface area contributed by atoms with Crippen LogP contribution < -0.4 is 0 Å². The van der Waals surface area contributed by atoms with Crippen molar-refractivity contribution in [3.63, 3.8) is 0 Å². The fourth-order valence-electron chi connectivity index (χ4n) is 10.5. The zero-order chi connectivity index (χ0) is 45.5. The molecule has 0 radical (unpaired) electrons. The van der Waals surface area contributed by atoms with Crippen LogP contribution in [0, 0.1) is 35.0 Å². The highest BCUT2D eigenvalue weighted by atomic mass is 19.1. The van der Waals surface area contributed by atoms with E-state index in [9.17, 15) is 19.5 Å². The molecule has 4 saturated heterocycles. The lowest BCUT2D eigenvalue weighted by atomic mass is 9.62. The van der Waals surface area contributed by atoms with Gasteiger partial charge in [-0.25, -0.2) is 9.18 Å². The number of likely N-dealkylation sites (tertiary alicyclic amines) is 1. The monoisotopic (exact) mass is 864 g/mol. The number of halogens is 1. The highest BCUT2D eigenvalue weighted by molar-refractivity contribution is 6.08. The number of likely N-dealkylation sites (N-methyl/N-ethyl adjacent to an activating group) is 1. The summed E-state index contributed by atoms with van der Waals surface area (Å²) >= 11 is 0. The Morgan fingerprint density at radius 3 is 2.47 bits per heavy atom. The number of aliphatic hydroxyl groups is 1. The zero-order valence-electron chi connectivity index (χ0n) is 37.4. The van der Waals surface area contributed by atoms with Gasteiger partial charge in [-0.2, -0.15) is 0 Å². The van der Waals surface area contributed by atoms with Gasteiger partial charge in [-0.15, -0.1) is 6.58 Å². The Kier molecular flexibility index (Phi) is 13.7. The number of carbonyl (C=O) groups is 4. The second kappa shape index (κ2) is 18.0. The fraction of sp³-hybridized carbons (Fsp3) is 0.652. The van der Waals surface area contributed by atoms with Gasteiger partial charge in [-0.3, -0.25) is 24.3 Å². The van der Waals surface area contributed by atoms with E-state index in [2.05, 4.69) is 28.6 Å². The predicted octanol–water partition coefficient (Wildman–Crippen LogP) is 4.35. The van der Waals surface area contributed by atoms with E-state index in [4.69, 9.17) is 28.2 Å². The fourth-order valence-corrected chi connectivity index (χ4v) is 10.5. The molecule has 0 spiro atoms. The number of aliphatic hydroxyl groups excluding tert-OH is 1. The van der Waals surface area contributed by atoms with Crippen LogP contribution in [0.3, 0.4) is 0 Å². The topological polar surface area (TPSA) is 180 Å². The molecular weight excluding hydrogens is 804 g/mol. The molecule has 15 nitrogen and oxygen atoms in total. The van der Waals surface area contributed by atoms with E-state index in [0.29, 0.717) is 17.8 Å². The van der Waals surface area contributed by atoms with E-state index in [1.165, 1.54) is 6.92 Å². The first-order chi connectivity index (χ1) is 29.1. The zero-order valence-corrected chi connectivity index (χ0v) is 37.4. The van der Waals surface area contributed by atoms with E-state index < -0.39 is 101 Å². The number of Topliss-reactive ketones (excluding diaryl/α,β-unsaturated/α-hetero) is 2. The van der Waals surface area contributed by atoms with E-state index in [0.717, 1.165) is 6.92 Å². The summed E-state index contributed by atoms with van der Waals surface area (Å²) in [6.07, 6.45) is -1.93. The van der Waals surface area contributed by atoms with Crippen LogP contribution in [0.2, 0.25) is 0 Å². The van der Waals surface area contributed by atoms with Crippen LogP contribution in [0.4, 0.5) is 4.39 Å². The molecule has 1 N–H and O–H groups in total. The summed E-state index contributed by atoms with van der Waals surface area (Å²) in [6.45, 7) is 16.5. The number of hydrogen-bond donors (Lipinski definition) is 1. The second-order valence-electron chi connectivity index (χ2n) is 18.4. The van der Waals surface area contributed by atoms with Gasteiger partial charge >= 0.3 is 11.9 Å². The molecule has 0 amide bonds. The van der Waals surface area contributed by atoms with Gasteiger partial charge in [0.1, 0.15) is 36.3 Å². The maximum absolute atomic E-state index is 17.2. The van der Waals surface area contributed by atoms with Crippen LogP contribution in [0.5, 0.6) is 0 Å². The van der Waals surface area contributed by atoms with Gasteiger partial charge in [-0.1, -0.05) is 50.9 Å². The summed E-state index contributed by atoms with van der Waals surface area (Å²) in [5.41, 5.74) is -6.70. The minimum atomic E-state index is -3.24. The van der Waals surface area contributed by atoms with Crippen molar-refractivity contribution in [2.45, 2.75) is 134 Å². The number of ether oxygens (including phenoxy) is 5. The van der Waals surface area contributed by atoms with Crippen molar-refractivity contribution in [3.05, 3.63) is 48.9 Å². The lowest BCUT2D eigenvalue weighted by Crippen LogP contribution is -2.61. The first-order valence-corrected chi connectivity index (χ1v) is 21.4. The lowest BCUT2D eigenvalue weighted by molar-refractivity contribution is -0.296. The third-order valence-corrected chi connectivity index (χ3v) is 13.4. The molecule has 6 heterocycles. The normalized spacial score (nSPS) is 39.4. The van der Waals surface area contributed by atoms with Gasteiger partial charge < -0.3 is 38.2 Å². The van der Waals surface area contributed by atoms with Crippen molar-refractivity contribution in [3.8, 4) is 23.2 Å². The second-order valence-corrected chi connectivity index (χ2v) is 18.4. The smallest absolute Gasteiger partial charge is 0.351 e. The summed E-state index contributed by atoms with van der Waals surface area (Å²) in [5.74, 6) is -0.656. The number of carbonyl (C=O) groups excluding carboxylic acids is 4. The molecule has 2 aromatic rings. The van der Waals surface area contributed by atoms with E-state index in [-0.39, 0.29) is 44.1 Å². The molecule has 4 fully saturated rings. The highest BCUT2D eigenvalue weighted by Gasteiger charge is 2.71. The summed E-state index contributed by atoms with van der Waals surface area (Å²) in [6, 6.07) is 5.67. The number of alkyl halides is 1. The van der Waals surface area contributed by atoms with E-state index in [1.807, 2.05) is 36.9 Å². The standard InChI is InChI=1S/C46H61FN4O11/c1-12-20-51-25-43(6)36-34(51)40(55)61-46(36,9)33(13-2)59-42(56)45(8,47)38(54)28(5)39(60-41-35(52)32(50(10)11)22-27(4)58-41)44(7,24-26(3)37(43)53)57-21-16-17-29-23-31(49-62-29)30-18-14-15-19-48-30/h12,14-15,18-19,23,26-28,32-36,39,41,52H,1,13,20-22,24-25H2,2-11H3/t26-,27-,28+,32+,33-,34-,35-,36-,39-,41+,43-,44+,45-,46-/m1/s1. The Labute approximate surface area is 363 Å². The minimum absolute atomic E-state index is 0.0825. The summed E-state index contributed by atoms with van der Waals surface area (Å²) in [5, 5.41) is 15.7. The first-order valence-electron chi connectivity index (χ1n) is 21.4.